The number of hydrogen-bond acceptors (Lipinski definition) is 5. The average molecular weight is 258 g/mol. The summed E-state index contributed by atoms with van der Waals surface area (Å²) < 4.78 is 11.4. The number of ether oxygens (including phenoxy) is 2. The lowest BCUT2D eigenvalue weighted by molar-refractivity contribution is -0.206. The molecule has 0 saturated carbocycles. The standard InChI is InChI=1S/C13H22O5/c14-5-1-3-9(15)7-12-10(16)8-13-11(18-12)4-2-6-17-13/h1,3,9-16H,2,4-8H2/b3-1-/t9?,10-,11-,12+,13+/m0/s1. The minimum absolute atomic E-state index is 0.00451. The lowest BCUT2D eigenvalue weighted by Gasteiger charge is -2.42. The van der Waals surface area contributed by atoms with Gasteiger partial charge in [0.25, 0.3) is 0 Å². The van der Waals surface area contributed by atoms with Crippen LogP contribution in [0.25, 0.3) is 0 Å². The van der Waals surface area contributed by atoms with Gasteiger partial charge in [0.1, 0.15) is 0 Å². The Kier molecular flexibility index (Phi) is 5.14. The third-order valence-electron chi connectivity index (χ3n) is 3.57. The van der Waals surface area contributed by atoms with E-state index in [0.717, 1.165) is 19.4 Å². The van der Waals surface area contributed by atoms with Crippen molar-refractivity contribution in [3.8, 4) is 0 Å². The molecule has 0 amide bonds. The van der Waals surface area contributed by atoms with Crippen LogP contribution in [0.3, 0.4) is 0 Å². The van der Waals surface area contributed by atoms with Gasteiger partial charge in [-0.25, -0.2) is 0 Å². The molecule has 2 aliphatic heterocycles. The van der Waals surface area contributed by atoms with Gasteiger partial charge >= 0.3 is 0 Å². The summed E-state index contributed by atoms with van der Waals surface area (Å²) in [5, 5.41) is 28.4. The van der Waals surface area contributed by atoms with Gasteiger partial charge in [-0.2, -0.15) is 0 Å². The summed E-state index contributed by atoms with van der Waals surface area (Å²) in [4.78, 5) is 0. The third kappa shape index (κ3) is 3.52. The molecule has 0 aromatic carbocycles. The van der Waals surface area contributed by atoms with Crippen molar-refractivity contribution in [3.63, 3.8) is 0 Å². The van der Waals surface area contributed by atoms with Crippen molar-refractivity contribution >= 4 is 0 Å². The molecule has 18 heavy (non-hydrogen) atoms. The van der Waals surface area contributed by atoms with E-state index in [4.69, 9.17) is 14.6 Å². The zero-order valence-corrected chi connectivity index (χ0v) is 10.4. The lowest BCUT2D eigenvalue weighted by Crippen LogP contribution is -2.50. The first-order valence-electron chi connectivity index (χ1n) is 6.61. The highest BCUT2D eigenvalue weighted by molar-refractivity contribution is 4.94. The zero-order valence-electron chi connectivity index (χ0n) is 10.4. The van der Waals surface area contributed by atoms with E-state index in [1.165, 1.54) is 12.2 Å². The molecule has 2 rings (SSSR count). The molecular formula is C13H22O5. The quantitative estimate of drug-likeness (QED) is 0.618. The summed E-state index contributed by atoms with van der Waals surface area (Å²) in [6.07, 6.45) is 4.27. The minimum atomic E-state index is -0.696. The number of hydrogen-bond donors (Lipinski definition) is 3. The Bertz CT molecular complexity index is 281. The summed E-state index contributed by atoms with van der Waals surface area (Å²) >= 11 is 0. The first-order chi connectivity index (χ1) is 8.70. The van der Waals surface area contributed by atoms with E-state index in [2.05, 4.69) is 0 Å². The van der Waals surface area contributed by atoms with Crippen LogP contribution in [-0.2, 0) is 9.47 Å². The summed E-state index contributed by atoms with van der Waals surface area (Å²) in [6.45, 7) is 0.646. The smallest absolute Gasteiger partial charge is 0.0867 e. The van der Waals surface area contributed by atoms with Crippen LogP contribution in [0.1, 0.15) is 25.7 Å². The van der Waals surface area contributed by atoms with Crippen LogP contribution in [-0.4, -0.2) is 59.1 Å². The molecule has 2 fully saturated rings. The Morgan fingerprint density at radius 3 is 2.94 bits per heavy atom. The van der Waals surface area contributed by atoms with Gasteiger partial charge in [0, 0.05) is 19.4 Å². The molecule has 5 nitrogen and oxygen atoms in total. The van der Waals surface area contributed by atoms with Crippen molar-refractivity contribution in [1.29, 1.82) is 0 Å². The highest BCUT2D eigenvalue weighted by Crippen LogP contribution is 2.30. The van der Waals surface area contributed by atoms with Crippen LogP contribution in [0.15, 0.2) is 12.2 Å². The summed E-state index contributed by atoms with van der Waals surface area (Å²) in [5.41, 5.74) is 0. The number of aliphatic hydroxyl groups excluding tert-OH is 3. The predicted octanol–water partition coefficient (Wildman–Crippen LogP) is -0.0167. The van der Waals surface area contributed by atoms with Gasteiger partial charge in [-0.3, -0.25) is 0 Å². The molecule has 1 unspecified atom stereocenters. The van der Waals surface area contributed by atoms with Crippen molar-refractivity contribution in [3.05, 3.63) is 12.2 Å². The normalized spacial score (nSPS) is 38.6. The van der Waals surface area contributed by atoms with Crippen LogP contribution in [0.4, 0.5) is 0 Å². The van der Waals surface area contributed by atoms with E-state index < -0.39 is 12.2 Å². The van der Waals surface area contributed by atoms with Crippen molar-refractivity contribution < 1.29 is 24.8 Å². The van der Waals surface area contributed by atoms with E-state index in [0.29, 0.717) is 12.8 Å². The number of aliphatic hydroxyl groups is 3. The molecule has 2 heterocycles. The molecule has 0 bridgehead atoms. The van der Waals surface area contributed by atoms with Crippen LogP contribution >= 0.6 is 0 Å². The summed E-state index contributed by atoms with van der Waals surface area (Å²) in [7, 11) is 0. The first-order valence-corrected chi connectivity index (χ1v) is 6.61. The fourth-order valence-corrected chi connectivity index (χ4v) is 2.64. The van der Waals surface area contributed by atoms with Crippen molar-refractivity contribution in [2.45, 2.75) is 56.2 Å². The number of rotatable bonds is 4. The minimum Gasteiger partial charge on any atom is -0.392 e. The molecule has 0 aromatic rings. The predicted molar refractivity (Wildman–Crippen MR) is 65.1 cm³/mol. The molecule has 2 saturated heterocycles. The Hall–Kier alpha value is -0.460. The summed E-state index contributed by atoms with van der Waals surface area (Å²) in [6, 6.07) is 0. The second kappa shape index (κ2) is 6.63. The monoisotopic (exact) mass is 258 g/mol. The second-order valence-electron chi connectivity index (χ2n) is 4.98. The first kappa shape index (κ1) is 14.0. The second-order valence-corrected chi connectivity index (χ2v) is 4.98. The maximum absolute atomic E-state index is 9.99. The largest absolute Gasteiger partial charge is 0.392 e. The van der Waals surface area contributed by atoms with Crippen molar-refractivity contribution in [2.24, 2.45) is 0 Å². The lowest BCUT2D eigenvalue weighted by atomic mass is 9.91. The highest BCUT2D eigenvalue weighted by atomic mass is 16.6. The number of fused-ring (bicyclic) bond motifs is 1. The van der Waals surface area contributed by atoms with Crippen LogP contribution in [0, 0.1) is 0 Å². The van der Waals surface area contributed by atoms with Gasteiger partial charge in [-0.1, -0.05) is 12.2 Å². The van der Waals surface area contributed by atoms with Crippen molar-refractivity contribution in [1.82, 2.24) is 0 Å². The molecule has 0 aromatic heterocycles. The molecule has 2 aliphatic rings. The molecule has 104 valence electrons. The Labute approximate surface area is 107 Å². The van der Waals surface area contributed by atoms with E-state index >= 15 is 0 Å². The molecular weight excluding hydrogens is 236 g/mol. The molecule has 5 atom stereocenters. The van der Waals surface area contributed by atoms with Gasteiger partial charge in [-0.15, -0.1) is 0 Å². The van der Waals surface area contributed by atoms with E-state index in [1.807, 2.05) is 0 Å². The molecule has 5 heteroatoms. The summed E-state index contributed by atoms with van der Waals surface area (Å²) in [5.74, 6) is 0. The average Bonchev–Trinajstić information content (AvgIpc) is 2.37. The molecule has 0 spiro atoms. The molecule has 3 N–H and O–H groups in total. The van der Waals surface area contributed by atoms with E-state index in [9.17, 15) is 10.2 Å². The maximum atomic E-state index is 9.99. The van der Waals surface area contributed by atoms with Crippen molar-refractivity contribution in [2.75, 3.05) is 13.2 Å². The highest BCUT2D eigenvalue weighted by Gasteiger charge is 2.39. The Morgan fingerprint density at radius 1 is 1.33 bits per heavy atom. The molecule has 0 radical (unpaired) electrons. The Balaban J connectivity index is 1.86. The van der Waals surface area contributed by atoms with Crippen LogP contribution in [0.2, 0.25) is 0 Å². The maximum Gasteiger partial charge on any atom is 0.0867 e. The van der Waals surface area contributed by atoms with Gasteiger partial charge in [0.05, 0.1) is 37.1 Å². The van der Waals surface area contributed by atoms with Crippen LogP contribution in [0.5, 0.6) is 0 Å². The van der Waals surface area contributed by atoms with Gasteiger partial charge < -0.3 is 24.8 Å². The van der Waals surface area contributed by atoms with E-state index in [-0.39, 0.29) is 24.9 Å². The fourth-order valence-electron chi connectivity index (χ4n) is 2.64. The zero-order chi connectivity index (χ0) is 13.0. The Morgan fingerprint density at radius 2 is 2.17 bits per heavy atom. The fraction of sp³-hybridized carbons (Fsp3) is 0.846. The molecule has 0 aliphatic carbocycles. The SMILES string of the molecule is OC/C=C\C(O)C[C@H]1O[C@H]2CCCO[C@@H]2C[C@@H]1O. The van der Waals surface area contributed by atoms with E-state index in [1.54, 1.807) is 0 Å². The third-order valence-corrected chi connectivity index (χ3v) is 3.57. The topological polar surface area (TPSA) is 79.2 Å². The van der Waals surface area contributed by atoms with Gasteiger partial charge in [-0.05, 0) is 12.8 Å². The van der Waals surface area contributed by atoms with Crippen LogP contribution < -0.4 is 0 Å². The van der Waals surface area contributed by atoms with Gasteiger partial charge in [0.2, 0.25) is 0 Å². The van der Waals surface area contributed by atoms with Gasteiger partial charge in [0.15, 0.2) is 0 Å².